The normalized spacial score (nSPS) is 12.5. The zero-order chi connectivity index (χ0) is 40.5. The molecule has 14 aromatic rings. The lowest BCUT2D eigenvalue weighted by Crippen LogP contribution is -1.88. The largest absolute Gasteiger partial charge is 0.0610 e. The van der Waals surface area contributed by atoms with E-state index in [9.17, 15) is 0 Å². The van der Waals surface area contributed by atoms with E-state index in [0.29, 0.717) is 0 Å². The number of fused-ring (bicyclic) bond motifs is 6. The van der Waals surface area contributed by atoms with Gasteiger partial charge in [-0.1, -0.05) is 170 Å². The molecule has 0 N–H and O–H groups in total. The molecule has 284 valence electrons. The minimum atomic E-state index is 1.19. The highest BCUT2D eigenvalue weighted by Gasteiger charge is 2.16. The molecule has 0 aliphatic heterocycles. The third kappa shape index (κ3) is 4.95. The summed E-state index contributed by atoms with van der Waals surface area (Å²) in [6.07, 6.45) is 4.47. The van der Waals surface area contributed by atoms with Gasteiger partial charge in [-0.15, -0.1) is 0 Å². The summed E-state index contributed by atoms with van der Waals surface area (Å²) in [5.41, 5.74) is 7.36. The molecule has 0 unspecified atom stereocenters. The molecule has 0 aliphatic carbocycles. The summed E-state index contributed by atoms with van der Waals surface area (Å²) in [5, 5.41) is 26.2. The summed E-state index contributed by atoms with van der Waals surface area (Å²) in [6, 6.07) is 77.3. The van der Waals surface area contributed by atoms with Gasteiger partial charge < -0.3 is 0 Å². The number of hydrogen-bond acceptors (Lipinski definition) is 0. The maximum atomic E-state index is 2.41. The second kappa shape index (κ2) is 12.7. The molecule has 62 heavy (non-hydrogen) atoms. The Bertz CT molecular complexity index is 3920. The lowest BCUT2D eigenvalue weighted by Gasteiger charge is -2.16. The van der Waals surface area contributed by atoms with Gasteiger partial charge in [-0.05, 0) is 190 Å². The quantitative estimate of drug-likeness (QED) is 0.0948. The molecule has 0 bridgehead atoms. The van der Waals surface area contributed by atoms with Crippen molar-refractivity contribution in [2.75, 3.05) is 0 Å². The van der Waals surface area contributed by atoms with Crippen LogP contribution in [-0.4, -0.2) is 0 Å². The average Bonchev–Trinajstić information content (AvgIpc) is 3.33. The van der Waals surface area contributed by atoms with Gasteiger partial charge in [0.05, 0.1) is 0 Å². The first-order valence-electron chi connectivity index (χ1n) is 21.6. The highest BCUT2D eigenvalue weighted by atomic mass is 14.2. The molecule has 0 radical (unpaired) electrons. The standard InChI is InChI=1S/C62H36/c1-7-39-9-3-17-55-57-35-49(33-47-11-5-15-53(61(47)57)51(13-1)59(39)55)45-27-25-41-29-37(21-23-43(41)31-45)19-20-38-22-24-44-32-46(28-26-42(44)30-38)50-34-48-12-6-16-54-52-14-2-8-40-10-4-18-56(60(40)52)58(36-50)62(48)54/h1-36H/b20-19+. The Morgan fingerprint density at radius 2 is 0.500 bits per heavy atom. The summed E-state index contributed by atoms with van der Waals surface area (Å²) in [4.78, 5) is 0. The van der Waals surface area contributed by atoms with Crippen LogP contribution in [0.1, 0.15) is 11.1 Å². The van der Waals surface area contributed by atoms with E-state index in [1.807, 2.05) is 0 Å². The summed E-state index contributed by atoms with van der Waals surface area (Å²) in [7, 11) is 0. The molecule has 0 heteroatoms. The molecule has 0 fully saturated rings. The molecular formula is C62H36. The van der Waals surface area contributed by atoms with E-state index in [0.717, 1.165) is 0 Å². The lowest BCUT2D eigenvalue weighted by molar-refractivity contribution is 1.67. The Labute approximate surface area is 357 Å². The Morgan fingerprint density at radius 1 is 0.194 bits per heavy atom. The van der Waals surface area contributed by atoms with Crippen LogP contribution >= 0.6 is 0 Å². The molecule has 0 amide bonds. The van der Waals surface area contributed by atoms with Crippen molar-refractivity contribution in [3.05, 3.63) is 217 Å². The Morgan fingerprint density at radius 3 is 0.903 bits per heavy atom. The summed E-state index contributed by atoms with van der Waals surface area (Å²) < 4.78 is 0. The van der Waals surface area contributed by atoms with Crippen LogP contribution in [0.3, 0.4) is 0 Å². The Kier molecular flexibility index (Phi) is 6.92. The molecule has 0 nitrogen and oxygen atoms in total. The van der Waals surface area contributed by atoms with Crippen LogP contribution in [0, 0.1) is 0 Å². The number of benzene rings is 14. The molecule has 14 aromatic carbocycles. The molecule has 0 saturated carbocycles. The van der Waals surface area contributed by atoms with Gasteiger partial charge in [0.15, 0.2) is 0 Å². The van der Waals surface area contributed by atoms with E-state index in [2.05, 4.69) is 218 Å². The van der Waals surface area contributed by atoms with Crippen molar-refractivity contribution in [3.8, 4) is 22.3 Å². The van der Waals surface area contributed by atoms with E-state index < -0.39 is 0 Å². The first-order valence-corrected chi connectivity index (χ1v) is 21.6. The van der Waals surface area contributed by atoms with E-state index in [1.165, 1.54) is 141 Å². The van der Waals surface area contributed by atoms with E-state index >= 15 is 0 Å². The third-order valence-electron chi connectivity index (χ3n) is 13.8. The van der Waals surface area contributed by atoms with Crippen molar-refractivity contribution in [1.82, 2.24) is 0 Å². The molecule has 0 spiro atoms. The highest BCUT2D eigenvalue weighted by Crippen LogP contribution is 2.44. The van der Waals surface area contributed by atoms with Crippen molar-refractivity contribution >= 4 is 120 Å². The zero-order valence-electron chi connectivity index (χ0n) is 33.8. The SMILES string of the molecule is C(=C\c1ccc2cc(-c3cc4cccc5c6cccc7cccc(c(c3)c45)c76)ccc2c1)/c1ccc2cc(-c3cc4cccc5c6cccc7cccc(c(c3)c45)c76)ccc2c1. The second-order valence-electron chi connectivity index (χ2n) is 17.2. The highest BCUT2D eigenvalue weighted by molar-refractivity contribution is 6.34. The second-order valence-corrected chi connectivity index (χ2v) is 17.2. The fourth-order valence-electron chi connectivity index (χ4n) is 10.9. The minimum absolute atomic E-state index is 1.19. The van der Waals surface area contributed by atoms with Gasteiger partial charge >= 0.3 is 0 Å². The molecule has 0 heterocycles. The molecular weight excluding hydrogens is 745 g/mol. The van der Waals surface area contributed by atoms with Crippen molar-refractivity contribution in [2.45, 2.75) is 0 Å². The maximum Gasteiger partial charge on any atom is -0.00259 e. The topological polar surface area (TPSA) is 0 Å². The van der Waals surface area contributed by atoms with Crippen LogP contribution in [-0.2, 0) is 0 Å². The van der Waals surface area contributed by atoms with E-state index in [-0.39, 0.29) is 0 Å². The van der Waals surface area contributed by atoms with E-state index in [4.69, 9.17) is 0 Å². The predicted octanol–water partition coefficient (Wildman–Crippen LogP) is 17.6. The Hall–Kier alpha value is -8.06. The molecule has 0 aliphatic rings. The lowest BCUT2D eigenvalue weighted by atomic mass is 9.87. The molecule has 0 aromatic heterocycles. The van der Waals surface area contributed by atoms with Gasteiger partial charge in [0.1, 0.15) is 0 Å². The Balaban J connectivity index is 0.780. The van der Waals surface area contributed by atoms with E-state index in [1.54, 1.807) is 0 Å². The van der Waals surface area contributed by atoms with Crippen LogP contribution < -0.4 is 0 Å². The monoisotopic (exact) mass is 780 g/mol. The maximum absolute atomic E-state index is 2.41. The van der Waals surface area contributed by atoms with Gasteiger partial charge in [0.25, 0.3) is 0 Å². The van der Waals surface area contributed by atoms with Crippen molar-refractivity contribution in [1.29, 1.82) is 0 Å². The number of hydrogen-bond donors (Lipinski definition) is 0. The summed E-state index contributed by atoms with van der Waals surface area (Å²) in [6.45, 7) is 0. The minimum Gasteiger partial charge on any atom is -0.0610 e. The fraction of sp³-hybridized carbons (Fsp3) is 0. The first-order chi connectivity index (χ1) is 30.7. The van der Waals surface area contributed by atoms with Crippen molar-refractivity contribution in [3.63, 3.8) is 0 Å². The van der Waals surface area contributed by atoms with Gasteiger partial charge in [0, 0.05) is 0 Å². The van der Waals surface area contributed by atoms with Gasteiger partial charge in [-0.25, -0.2) is 0 Å². The molecule has 0 atom stereocenters. The van der Waals surface area contributed by atoms with Gasteiger partial charge in [-0.2, -0.15) is 0 Å². The first kappa shape index (κ1) is 33.7. The molecule has 14 rings (SSSR count). The van der Waals surface area contributed by atoms with Crippen molar-refractivity contribution < 1.29 is 0 Å². The van der Waals surface area contributed by atoms with Crippen LogP contribution in [0.2, 0.25) is 0 Å². The fourth-order valence-corrected chi connectivity index (χ4v) is 10.9. The van der Waals surface area contributed by atoms with Crippen LogP contribution in [0.5, 0.6) is 0 Å². The van der Waals surface area contributed by atoms with Crippen LogP contribution in [0.4, 0.5) is 0 Å². The smallest absolute Gasteiger partial charge is 0.00259 e. The van der Waals surface area contributed by atoms with Crippen LogP contribution in [0.15, 0.2) is 206 Å². The number of rotatable bonds is 4. The van der Waals surface area contributed by atoms with Gasteiger partial charge in [-0.3, -0.25) is 0 Å². The summed E-state index contributed by atoms with van der Waals surface area (Å²) >= 11 is 0. The summed E-state index contributed by atoms with van der Waals surface area (Å²) in [5.74, 6) is 0. The van der Waals surface area contributed by atoms with Crippen molar-refractivity contribution in [2.24, 2.45) is 0 Å². The predicted molar refractivity (Wildman–Crippen MR) is 270 cm³/mol. The van der Waals surface area contributed by atoms with Crippen LogP contribution in [0.25, 0.3) is 142 Å². The zero-order valence-corrected chi connectivity index (χ0v) is 33.8. The third-order valence-corrected chi connectivity index (χ3v) is 13.8. The van der Waals surface area contributed by atoms with Gasteiger partial charge in [0.2, 0.25) is 0 Å². The molecule has 0 saturated heterocycles. The average molecular weight is 781 g/mol.